The smallest absolute Gasteiger partial charge is 0.330 e. The van der Waals surface area contributed by atoms with Crippen molar-refractivity contribution in [2.75, 3.05) is 20.3 Å². The van der Waals surface area contributed by atoms with Crippen molar-refractivity contribution in [3.05, 3.63) is 35.9 Å². The van der Waals surface area contributed by atoms with E-state index in [1.807, 2.05) is 24.3 Å². The zero-order valence-corrected chi connectivity index (χ0v) is 16.9. The molecule has 29 heavy (non-hydrogen) atoms. The first kappa shape index (κ1) is 24.1. The molecule has 0 saturated carbocycles. The average molecular weight is 404 g/mol. The molecule has 0 aliphatic heterocycles. The molecule has 0 N–H and O–H groups in total. The quantitative estimate of drug-likeness (QED) is 0.154. The number of aldehydes is 1. The van der Waals surface area contributed by atoms with Gasteiger partial charge in [0, 0.05) is 12.5 Å². The van der Waals surface area contributed by atoms with Crippen LogP contribution in [0.25, 0.3) is 6.08 Å². The molecule has 0 amide bonds. The van der Waals surface area contributed by atoms with E-state index in [-0.39, 0.29) is 12.7 Å². The van der Waals surface area contributed by atoms with Crippen LogP contribution in [0, 0.1) is 5.92 Å². The molecule has 1 aromatic carbocycles. The van der Waals surface area contributed by atoms with Gasteiger partial charge in [-0.2, -0.15) is 0 Å². The minimum Gasteiger partial charge on any atom is -0.494 e. The van der Waals surface area contributed by atoms with E-state index in [9.17, 15) is 19.2 Å². The van der Waals surface area contributed by atoms with Crippen LogP contribution in [0.4, 0.5) is 0 Å². The van der Waals surface area contributed by atoms with Crippen molar-refractivity contribution >= 4 is 30.1 Å². The van der Waals surface area contributed by atoms with Gasteiger partial charge in [-0.3, -0.25) is 14.4 Å². The standard InChI is InChI=1S/C22H28O7/c1-17(15-19(24)16-23)22(26)29-14-6-4-3-5-13-28-20-10-7-18(8-11-20)9-12-21(25)27-2/h7-12,16-17H,3-6,13-15H2,1-2H3. The van der Waals surface area contributed by atoms with Gasteiger partial charge in [-0.15, -0.1) is 0 Å². The molecule has 0 saturated heterocycles. The summed E-state index contributed by atoms with van der Waals surface area (Å²) in [6.45, 7) is 2.46. The SMILES string of the molecule is COC(=O)C=Cc1ccc(OCCCCCCOC(=O)C(C)CC(=O)C=O)cc1. The third-order valence-corrected chi connectivity index (χ3v) is 4.09. The Kier molecular flexibility index (Phi) is 11.7. The van der Waals surface area contributed by atoms with Gasteiger partial charge in [-0.05, 0) is 49.5 Å². The molecule has 7 nitrogen and oxygen atoms in total. The third kappa shape index (κ3) is 10.8. The minimum atomic E-state index is -0.596. The lowest BCUT2D eigenvalue weighted by atomic mass is 10.1. The topological polar surface area (TPSA) is 96.0 Å². The van der Waals surface area contributed by atoms with Crippen LogP contribution in [0.2, 0.25) is 0 Å². The molecule has 0 spiro atoms. The number of ether oxygens (including phenoxy) is 3. The third-order valence-electron chi connectivity index (χ3n) is 4.09. The zero-order valence-electron chi connectivity index (χ0n) is 16.9. The Morgan fingerprint density at radius 1 is 1.00 bits per heavy atom. The van der Waals surface area contributed by atoms with E-state index >= 15 is 0 Å². The fraction of sp³-hybridized carbons (Fsp3) is 0.455. The van der Waals surface area contributed by atoms with Crippen molar-refractivity contribution < 1.29 is 33.4 Å². The lowest BCUT2D eigenvalue weighted by Crippen LogP contribution is -2.19. The predicted octanol–water partition coefficient (Wildman–Crippen LogP) is 3.15. The minimum absolute atomic E-state index is 0.109. The molecule has 0 aliphatic rings. The highest BCUT2D eigenvalue weighted by Crippen LogP contribution is 2.14. The molecule has 1 unspecified atom stereocenters. The van der Waals surface area contributed by atoms with E-state index in [1.54, 1.807) is 13.0 Å². The molecule has 7 heteroatoms. The highest BCUT2D eigenvalue weighted by molar-refractivity contribution is 6.25. The largest absolute Gasteiger partial charge is 0.494 e. The van der Waals surface area contributed by atoms with Crippen LogP contribution in [0.1, 0.15) is 44.6 Å². The second-order valence-corrected chi connectivity index (χ2v) is 6.55. The van der Waals surface area contributed by atoms with Crippen molar-refractivity contribution in [2.24, 2.45) is 5.92 Å². The fourth-order valence-electron chi connectivity index (χ4n) is 2.40. The van der Waals surface area contributed by atoms with Gasteiger partial charge in [0.05, 0.1) is 26.2 Å². The predicted molar refractivity (Wildman–Crippen MR) is 107 cm³/mol. The molecule has 0 heterocycles. The summed E-state index contributed by atoms with van der Waals surface area (Å²) in [6, 6.07) is 7.39. The first-order valence-corrected chi connectivity index (χ1v) is 9.59. The van der Waals surface area contributed by atoms with Gasteiger partial charge in [0.2, 0.25) is 0 Å². The summed E-state index contributed by atoms with van der Waals surface area (Å²) in [5.41, 5.74) is 0.877. The first-order valence-electron chi connectivity index (χ1n) is 9.59. The Morgan fingerprint density at radius 3 is 2.28 bits per heavy atom. The lowest BCUT2D eigenvalue weighted by Gasteiger charge is -2.09. The van der Waals surface area contributed by atoms with E-state index in [2.05, 4.69) is 4.74 Å². The van der Waals surface area contributed by atoms with Crippen molar-refractivity contribution in [1.82, 2.24) is 0 Å². The Labute approximate surface area is 171 Å². The van der Waals surface area contributed by atoms with E-state index < -0.39 is 23.6 Å². The highest BCUT2D eigenvalue weighted by Gasteiger charge is 2.17. The summed E-state index contributed by atoms with van der Waals surface area (Å²) in [5, 5.41) is 0. The fourth-order valence-corrected chi connectivity index (χ4v) is 2.40. The summed E-state index contributed by atoms with van der Waals surface area (Å²) in [4.78, 5) is 44.0. The molecule has 0 aromatic heterocycles. The Hall–Kier alpha value is -2.96. The monoisotopic (exact) mass is 404 g/mol. The van der Waals surface area contributed by atoms with Crippen molar-refractivity contribution in [3.63, 3.8) is 0 Å². The summed E-state index contributed by atoms with van der Waals surface area (Å²) >= 11 is 0. The maximum absolute atomic E-state index is 11.7. The maximum Gasteiger partial charge on any atom is 0.330 e. The van der Waals surface area contributed by atoms with Crippen LogP contribution < -0.4 is 4.74 Å². The molecule has 1 rings (SSSR count). The Morgan fingerprint density at radius 2 is 1.66 bits per heavy atom. The molecule has 1 aromatic rings. The molecule has 0 fully saturated rings. The molecule has 158 valence electrons. The van der Waals surface area contributed by atoms with E-state index in [0.717, 1.165) is 37.0 Å². The second-order valence-electron chi connectivity index (χ2n) is 6.55. The summed E-state index contributed by atoms with van der Waals surface area (Å²) in [5.74, 6) is -1.28. The van der Waals surface area contributed by atoms with Crippen LogP contribution in [-0.4, -0.2) is 44.3 Å². The Bertz CT molecular complexity index is 692. The van der Waals surface area contributed by atoms with E-state index in [1.165, 1.54) is 13.2 Å². The van der Waals surface area contributed by atoms with Gasteiger partial charge in [-0.1, -0.05) is 19.1 Å². The highest BCUT2D eigenvalue weighted by atomic mass is 16.5. The van der Waals surface area contributed by atoms with Gasteiger partial charge in [0.25, 0.3) is 0 Å². The summed E-state index contributed by atoms with van der Waals surface area (Å²) in [6.07, 6.45) is 6.60. The van der Waals surface area contributed by atoms with E-state index in [4.69, 9.17) is 9.47 Å². The molecule has 0 aliphatic carbocycles. The number of esters is 2. The number of rotatable bonds is 14. The van der Waals surface area contributed by atoms with Crippen LogP contribution in [-0.2, 0) is 28.7 Å². The van der Waals surface area contributed by atoms with Crippen LogP contribution >= 0.6 is 0 Å². The number of unbranched alkanes of at least 4 members (excludes halogenated alkanes) is 3. The molecular weight excluding hydrogens is 376 g/mol. The molecule has 0 radical (unpaired) electrons. The number of benzene rings is 1. The molecule has 0 bridgehead atoms. The van der Waals surface area contributed by atoms with Gasteiger partial charge in [0.1, 0.15) is 5.75 Å². The van der Waals surface area contributed by atoms with Gasteiger partial charge < -0.3 is 14.2 Å². The van der Waals surface area contributed by atoms with E-state index in [0.29, 0.717) is 13.2 Å². The van der Waals surface area contributed by atoms with Crippen LogP contribution in [0.15, 0.2) is 30.3 Å². The number of hydrogen-bond acceptors (Lipinski definition) is 7. The van der Waals surface area contributed by atoms with Gasteiger partial charge in [0.15, 0.2) is 12.1 Å². The number of ketones is 1. The van der Waals surface area contributed by atoms with Gasteiger partial charge in [-0.25, -0.2) is 4.79 Å². The van der Waals surface area contributed by atoms with Crippen molar-refractivity contribution in [3.8, 4) is 5.75 Å². The summed E-state index contributed by atoms with van der Waals surface area (Å²) < 4.78 is 15.3. The second kappa shape index (κ2) is 14.1. The van der Waals surface area contributed by atoms with Crippen molar-refractivity contribution in [1.29, 1.82) is 0 Å². The number of methoxy groups -OCH3 is 1. The number of carbonyl (C=O) groups is 4. The number of carbonyl (C=O) groups excluding carboxylic acids is 4. The average Bonchev–Trinajstić information content (AvgIpc) is 2.74. The molecular formula is C22H28O7. The van der Waals surface area contributed by atoms with Crippen LogP contribution in [0.5, 0.6) is 5.75 Å². The number of Topliss-reactive ketones (excluding diaryl/α,β-unsaturated/α-hetero) is 1. The molecule has 1 atom stereocenters. The van der Waals surface area contributed by atoms with Crippen LogP contribution in [0.3, 0.4) is 0 Å². The normalized spacial score (nSPS) is 11.7. The summed E-state index contributed by atoms with van der Waals surface area (Å²) in [7, 11) is 1.33. The van der Waals surface area contributed by atoms with Gasteiger partial charge >= 0.3 is 11.9 Å². The zero-order chi connectivity index (χ0) is 21.5. The lowest BCUT2D eigenvalue weighted by molar-refractivity contribution is -0.149. The van der Waals surface area contributed by atoms with Crippen molar-refractivity contribution in [2.45, 2.75) is 39.0 Å². The Balaban J connectivity index is 2.10. The number of hydrogen-bond donors (Lipinski definition) is 0. The maximum atomic E-state index is 11.7. The first-order chi connectivity index (χ1) is 14.0.